The second-order valence-electron chi connectivity index (χ2n) is 11.3. The lowest BCUT2D eigenvalue weighted by atomic mass is 10.00. The molecule has 4 heterocycles. The highest BCUT2D eigenvalue weighted by atomic mass is 35.5. The maximum absolute atomic E-state index is 13.1. The van der Waals surface area contributed by atoms with Crippen LogP contribution in [0.15, 0.2) is 58.1 Å². The first-order chi connectivity index (χ1) is 22.6. The minimum absolute atomic E-state index is 0.0783. The molecular formula is C33H33Cl2N7O5. The first-order valence-corrected chi connectivity index (χ1v) is 15.7. The average molecular weight is 679 g/mol. The van der Waals surface area contributed by atoms with E-state index >= 15 is 0 Å². The fourth-order valence-electron chi connectivity index (χ4n) is 5.69. The maximum atomic E-state index is 13.1. The molecule has 3 aromatic heterocycles. The van der Waals surface area contributed by atoms with Crippen molar-refractivity contribution in [2.75, 3.05) is 25.6 Å². The van der Waals surface area contributed by atoms with Crippen LogP contribution in [0.4, 0.5) is 11.5 Å². The van der Waals surface area contributed by atoms with Crippen molar-refractivity contribution in [2.45, 2.75) is 32.0 Å². The Morgan fingerprint density at radius 3 is 2.45 bits per heavy atom. The number of methoxy groups -OCH3 is 1. The van der Waals surface area contributed by atoms with Gasteiger partial charge in [0, 0.05) is 55.5 Å². The molecule has 5 aromatic rings. The second kappa shape index (κ2) is 13.4. The molecule has 1 saturated heterocycles. The Bertz CT molecular complexity index is 2120. The molecule has 0 aliphatic carbocycles. The lowest BCUT2D eigenvalue weighted by Gasteiger charge is -2.28. The summed E-state index contributed by atoms with van der Waals surface area (Å²) in [6.45, 7) is 3.05. The minimum atomic E-state index is -0.573. The third kappa shape index (κ3) is 6.22. The molecule has 12 nitrogen and oxygen atoms in total. The van der Waals surface area contributed by atoms with E-state index in [1.165, 1.54) is 11.6 Å². The predicted molar refractivity (Wildman–Crippen MR) is 182 cm³/mol. The summed E-state index contributed by atoms with van der Waals surface area (Å²) >= 11 is 14.0. The third-order valence-electron chi connectivity index (χ3n) is 8.24. The number of nitrogens with one attached hydrogen (secondary N) is 2. The van der Waals surface area contributed by atoms with Gasteiger partial charge in [0.1, 0.15) is 17.0 Å². The fraction of sp³-hybridized carbons (Fsp3) is 0.303. The molecule has 2 atom stereocenters. The first kappa shape index (κ1) is 32.6. The average Bonchev–Trinajstić information content (AvgIpc) is 3.07. The molecule has 0 bridgehead atoms. The highest BCUT2D eigenvalue weighted by molar-refractivity contribution is 6.39. The van der Waals surface area contributed by atoms with Gasteiger partial charge in [0.15, 0.2) is 5.65 Å². The van der Waals surface area contributed by atoms with Gasteiger partial charge in [-0.15, -0.1) is 0 Å². The molecule has 2 aromatic carbocycles. The Morgan fingerprint density at radius 2 is 1.70 bits per heavy atom. The number of fused-ring (bicyclic) bond motifs is 1. The molecule has 1 aliphatic heterocycles. The summed E-state index contributed by atoms with van der Waals surface area (Å²) in [6.07, 6.45) is 0.141. The van der Waals surface area contributed by atoms with Gasteiger partial charge in [-0.3, -0.25) is 13.9 Å². The zero-order valence-electron chi connectivity index (χ0n) is 26.2. The SMILES string of the molecule is COc1nc(-c2cccc(-c3cccc(Nc4nc(C)nc5c4c(=O)n(C)c(=O)n5C)c3Cl)c2Cl)ccc1CN[C@@H]1CCOC[C@@H]1O. The van der Waals surface area contributed by atoms with Gasteiger partial charge in [-0.1, -0.05) is 59.6 Å². The number of hydrogen-bond donors (Lipinski definition) is 3. The summed E-state index contributed by atoms with van der Waals surface area (Å²) in [4.78, 5) is 39.3. The number of rotatable bonds is 8. The summed E-state index contributed by atoms with van der Waals surface area (Å²) in [6, 6.07) is 14.7. The van der Waals surface area contributed by atoms with Crippen molar-refractivity contribution >= 4 is 45.7 Å². The zero-order chi connectivity index (χ0) is 33.4. The molecule has 1 fully saturated rings. The van der Waals surface area contributed by atoms with E-state index in [2.05, 4.69) is 20.6 Å². The molecule has 3 N–H and O–H groups in total. The van der Waals surface area contributed by atoms with Gasteiger partial charge in [0.2, 0.25) is 5.88 Å². The highest BCUT2D eigenvalue weighted by Crippen LogP contribution is 2.42. The van der Waals surface area contributed by atoms with Crippen LogP contribution in [-0.2, 0) is 25.4 Å². The molecule has 47 heavy (non-hydrogen) atoms. The molecule has 244 valence electrons. The van der Waals surface area contributed by atoms with E-state index in [1.54, 1.807) is 27.1 Å². The number of pyridine rings is 1. The second-order valence-corrected chi connectivity index (χ2v) is 12.0. The Kier molecular flexibility index (Phi) is 9.31. The van der Waals surface area contributed by atoms with E-state index in [9.17, 15) is 14.7 Å². The predicted octanol–water partition coefficient (Wildman–Crippen LogP) is 4.36. The van der Waals surface area contributed by atoms with Crippen molar-refractivity contribution in [3.8, 4) is 28.3 Å². The van der Waals surface area contributed by atoms with Crippen molar-refractivity contribution in [2.24, 2.45) is 14.1 Å². The third-order valence-corrected chi connectivity index (χ3v) is 9.06. The molecular weight excluding hydrogens is 645 g/mol. The summed E-state index contributed by atoms with van der Waals surface area (Å²) in [5, 5.41) is 17.7. The molecule has 0 unspecified atom stereocenters. The summed E-state index contributed by atoms with van der Waals surface area (Å²) < 4.78 is 13.3. The van der Waals surface area contributed by atoms with Crippen LogP contribution >= 0.6 is 23.2 Å². The van der Waals surface area contributed by atoms with Crippen molar-refractivity contribution in [3.63, 3.8) is 0 Å². The Morgan fingerprint density at radius 1 is 0.979 bits per heavy atom. The Hall–Kier alpha value is -4.33. The van der Waals surface area contributed by atoms with Crippen LogP contribution in [0.25, 0.3) is 33.4 Å². The number of nitrogens with zero attached hydrogens (tertiary/aromatic N) is 5. The van der Waals surface area contributed by atoms with Gasteiger partial charge >= 0.3 is 5.69 Å². The molecule has 0 saturated carbocycles. The van der Waals surface area contributed by atoms with Crippen LogP contribution < -0.4 is 26.6 Å². The Labute approximate surface area is 279 Å². The summed E-state index contributed by atoms with van der Waals surface area (Å²) in [5.74, 6) is 1.04. The van der Waals surface area contributed by atoms with Crippen LogP contribution in [-0.4, -0.2) is 61.7 Å². The lowest BCUT2D eigenvalue weighted by molar-refractivity contribution is -0.0281. The number of aliphatic hydroxyl groups is 1. The summed E-state index contributed by atoms with van der Waals surface area (Å²) in [7, 11) is 4.52. The number of anilines is 2. The number of halogens is 2. The number of aromatic nitrogens is 5. The van der Waals surface area contributed by atoms with Crippen molar-refractivity contribution < 1.29 is 14.6 Å². The number of aryl methyl sites for hydroxylation is 2. The maximum Gasteiger partial charge on any atom is 0.332 e. The quantitative estimate of drug-likeness (QED) is 0.217. The van der Waals surface area contributed by atoms with Crippen molar-refractivity contribution in [1.29, 1.82) is 0 Å². The van der Waals surface area contributed by atoms with Gasteiger partial charge in [0.25, 0.3) is 5.56 Å². The summed E-state index contributed by atoms with van der Waals surface area (Å²) in [5.41, 5.74) is 3.10. The molecule has 0 radical (unpaired) electrons. The monoisotopic (exact) mass is 677 g/mol. The number of aliphatic hydroxyl groups excluding tert-OH is 1. The first-order valence-electron chi connectivity index (χ1n) is 14.9. The van der Waals surface area contributed by atoms with Crippen molar-refractivity contribution in [3.05, 3.63) is 90.8 Å². The zero-order valence-corrected chi connectivity index (χ0v) is 27.7. The minimum Gasteiger partial charge on any atom is -0.481 e. The fourth-order valence-corrected chi connectivity index (χ4v) is 6.29. The van der Waals surface area contributed by atoms with E-state index in [0.717, 1.165) is 10.1 Å². The molecule has 0 amide bonds. The van der Waals surface area contributed by atoms with Crippen molar-refractivity contribution in [1.82, 2.24) is 29.4 Å². The van der Waals surface area contributed by atoms with Gasteiger partial charge in [-0.25, -0.2) is 19.7 Å². The largest absolute Gasteiger partial charge is 0.481 e. The standard InChI is InChI=1S/C33H33Cl2N7O5/c1-17-37-29(26-30(38-17)41(2)33(45)42(3)32(26)44)39-24-10-6-8-20(28(24)35)19-7-5-9-21(27(19)34)22-12-11-18(31(40-22)46-4)15-36-23-13-14-47-16-25(23)43/h5-12,23,25,36,43H,13-16H2,1-4H3,(H,37,38,39)/t23-,25+/m1/s1. The topological polar surface area (TPSA) is 145 Å². The van der Waals surface area contributed by atoms with E-state index in [-0.39, 0.29) is 22.9 Å². The molecule has 6 rings (SSSR count). The van der Waals surface area contributed by atoms with Gasteiger partial charge < -0.3 is 25.2 Å². The van der Waals surface area contributed by atoms with Gasteiger partial charge in [-0.2, -0.15) is 0 Å². The van der Waals surface area contributed by atoms with Crippen LogP contribution in [0.5, 0.6) is 5.88 Å². The van der Waals surface area contributed by atoms with Crippen LogP contribution in [0.2, 0.25) is 10.0 Å². The lowest BCUT2D eigenvalue weighted by Crippen LogP contribution is -2.46. The molecule has 1 aliphatic rings. The Balaban J connectivity index is 1.34. The van der Waals surface area contributed by atoms with Crippen LogP contribution in [0, 0.1) is 6.92 Å². The van der Waals surface area contributed by atoms with Crippen LogP contribution in [0.1, 0.15) is 17.8 Å². The van der Waals surface area contributed by atoms with E-state index in [4.69, 9.17) is 37.7 Å². The number of benzene rings is 2. The van der Waals surface area contributed by atoms with E-state index in [1.807, 2.05) is 42.5 Å². The smallest absolute Gasteiger partial charge is 0.332 e. The van der Waals surface area contributed by atoms with Crippen LogP contribution in [0.3, 0.4) is 0 Å². The molecule has 14 heteroatoms. The van der Waals surface area contributed by atoms with Gasteiger partial charge in [0.05, 0.1) is 41.2 Å². The van der Waals surface area contributed by atoms with E-state index < -0.39 is 17.4 Å². The highest BCUT2D eigenvalue weighted by Gasteiger charge is 2.24. The molecule has 0 spiro atoms. The number of hydrogen-bond acceptors (Lipinski definition) is 10. The number of ether oxygens (including phenoxy) is 2. The normalized spacial score (nSPS) is 16.4. The van der Waals surface area contributed by atoms with E-state index in [0.29, 0.717) is 76.0 Å². The van der Waals surface area contributed by atoms with Gasteiger partial charge in [-0.05, 0) is 25.5 Å².